The van der Waals surface area contributed by atoms with Crippen LogP contribution in [0.4, 0.5) is 11.5 Å². The molecule has 0 aliphatic carbocycles. The number of rotatable bonds is 2. The minimum atomic E-state index is 0.382. The summed E-state index contributed by atoms with van der Waals surface area (Å²) in [5, 5.41) is 14.0. The first-order valence-corrected chi connectivity index (χ1v) is 7.33. The summed E-state index contributed by atoms with van der Waals surface area (Å²) >= 11 is 15.6. The molecule has 0 bridgehead atoms. The number of nitrogens with one attached hydrogen (secondary N) is 1. The molecule has 0 radical (unpaired) electrons. The van der Waals surface area contributed by atoms with Crippen molar-refractivity contribution in [1.29, 1.82) is 0 Å². The molecule has 3 rings (SSSR count). The summed E-state index contributed by atoms with van der Waals surface area (Å²) < 4.78 is 0.917. The van der Waals surface area contributed by atoms with Crippen LogP contribution in [0.25, 0.3) is 10.8 Å². The molecule has 100 valence electrons. The van der Waals surface area contributed by atoms with Crippen LogP contribution in [0.15, 0.2) is 46.9 Å². The van der Waals surface area contributed by atoms with Gasteiger partial charge in [0, 0.05) is 15.2 Å². The lowest BCUT2D eigenvalue weighted by molar-refractivity contribution is 1.05. The fourth-order valence-corrected chi connectivity index (χ4v) is 2.81. The van der Waals surface area contributed by atoms with E-state index in [0.29, 0.717) is 16.0 Å². The molecule has 0 saturated carbocycles. The van der Waals surface area contributed by atoms with Gasteiger partial charge in [-0.05, 0) is 18.2 Å². The summed E-state index contributed by atoms with van der Waals surface area (Å²) in [5.74, 6) is 0.620. The summed E-state index contributed by atoms with van der Waals surface area (Å²) in [6.07, 6.45) is 0. The molecule has 0 aliphatic rings. The predicted molar refractivity (Wildman–Crippen MR) is 87.0 cm³/mol. The molecule has 0 aliphatic heterocycles. The minimum Gasteiger partial charge on any atom is -0.337 e. The van der Waals surface area contributed by atoms with Gasteiger partial charge in [-0.2, -0.15) is 0 Å². The van der Waals surface area contributed by atoms with E-state index in [2.05, 4.69) is 31.4 Å². The maximum absolute atomic E-state index is 6.20. The molecule has 6 heteroatoms. The van der Waals surface area contributed by atoms with Crippen LogP contribution in [-0.2, 0) is 0 Å². The Kier molecular flexibility index (Phi) is 3.78. The molecule has 0 saturated heterocycles. The largest absolute Gasteiger partial charge is 0.337 e. The number of hydrogen-bond donors (Lipinski definition) is 1. The standard InChI is InChI=1S/C14H8BrCl2N3/c15-8-5-6-12(11(16)7-8)18-14-10-4-2-1-3-9(10)13(17)19-20-14/h1-7H,(H,18,20). The Hall–Kier alpha value is -1.36. The maximum atomic E-state index is 6.20. The van der Waals surface area contributed by atoms with Crippen molar-refractivity contribution >= 4 is 61.4 Å². The zero-order valence-electron chi connectivity index (χ0n) is 10.1. The van der Waals surface area contributed by atoms with Crippen molar-refractivity contribution in [2.75, 3.05) is 5.32 Å². The van der Waals surface area contributed by atoms with Crippen LogP contribution in [0.3, 0.4) is 0 Å². The molecule has 0 amide bonds. The highest BCUT2D eigenvalue weighted by Gasteiger charge is 2.09. The van der Waals surface area contributed by atoms with E-state index in [4.69, 9.17) is 23.2 Å². The van der Waals surface area contributed by atoms with E-state index < -0.39 is 0 Å². The first-order valence-electron chi connectivity index (χ1n) is 5.78. The lowest BCUT2D eigenvalue weighted by atomic mass is 10.2. The first-order chi connectivity index (χ1) is 9.65. The van der Waals surface area contributed by atoms with Crippen LogP contribution in [-0.4, -0.2) is 10.2 Å². The number of fused-ring (bicyclic) bond motifs is 1. The van der Waals surface area contributed by atoms with Gasteiger partial charge in [0.15, 0.2) is 11.0 Å². The molecule has 1 heterocycles. The van der Waals surface area contributed by atoms with Crippen LogP contribution in [0.5, 0.6) is 0 Å². The summed E-state index contributed by atoms with van der Waals surface area (Å²) in [5.41, 5.74) is 0.761. The van der Waals surface area contributed by atoms with Crippen molar-refractivity contribution < 1.29 is 0 Å². The van der Waals surface area contributed by atoms with Gasteiger partial charge in [0.25, 0.3) is 0 Å². The monoisotopic (exact) mass is 367 g/mol. The van der Waals surface area contributed by atoms with Gasteiger partial charge in [-0.3, -0.25) is 0 Å². The second-order valence-electron chi connectivity index (χ2n) is 4.13. The van der Waals surface area contributed by atoms with E-state index >= 15 is 0 Å². The highest BCUT2D eigenvalue weighted by atomic mass is 79.9. The maximum Gasteiger partial charge on any atom is 0.161 e. The highest BCUT2D eigenvalue weighted by molar-refractivity contribution is 9.10. The van der Waals surface area contributed by atoms with Crippen molar-refractivity contribution in [2.45, 2.75) is 0 Å². The summed E-state index contributed by atoms with van der Waals surface area (Å²) in [7, 11) is 0. The molecule has 3 aromatic rings. The highest BCUT2D eigenvalue weighted by Crippen LogP contribution is 2.31. The number of nitrogens with zero attached hydrogens (tertiary/aromatic N) is 2. The fraction of sp³-hybridized carbons (Fsp3) is 0. The fourth-order valence-electron chi connectivity index (χ4n) is 1.88. The Morgan fingerprint density at radius 1 is 0.950 bits per heavy atom. The van der Waals surface area contributed by atoms with Gasteiger partial charge in [-0.15, -0.1) is 10.2 Å². The molecular weight excluding hydrogens is 361 g/mol. The normalized spacial score (nSPS) is 10.8. The van der Waals surface area contributed by atoms with Crippen molar-refractivity contribution in [1.82, 2.24) is 10.2 Å². The smallest absolute Gasteiger partial charge is 0.161 e. The van der Waals surface area contributed by atoms with Crippen molar-refractivity contribution in [3.05, 3.63) is 57.1 Å². The van der Waals surface area contributed by atoms with Crippen LogP contribution < -0.4 is 5.32 Å². The van der Waals surface area contributed by atoms with Gasteiger partial charge in [-0.25, -0.2) is 0 Å². The third kappa shape index (κ3) is 2.59. The lowest BCUT2D eigenvalue weighted by Crippen LogP contribution is -1.98. The molecule has 0 fully saturated rings. The van der Waals surface area contributed by atoms with E-state index in [1.165, 1.54) is 0 Å². The van der Waals surface area contributed by atoms with Crippen molar-refractivity contribution in [3.8, 4) is 0 Å². The van der Waals surface area contributed by atoms with Gasteiger partial charge >= 0.3 is 0 Å². The SMILES string of the molecule is Clc1cc(Br)ccc1Nc1nnc(Cl)c2ccccc12. The summed E-state index contributed by atoms with van der Waals surface area (Å²) in [6.45, 7) is 0. The number of hydrogen-bond acceptors (Lipinski definition) is 3. The lowest BCUT2D eigenvalue weighted by Gasteiger charge is -2.10. The van der Waals surface area contributed by atoms with E-state index in [1.54, 1.807) is 0 Å². The first kappa shape index (κ1) is 13.6. The number of aromatic nitrogens is 2. The molecular formula is C14H8BrCl2N3. The second-order valence-corrected chi connectivity index (χ2v) is 5.82. The zero-order chi connectivity index (χ0) is 14.1. The Morgan fingerprint density at radius 2 is 1.70 bits per heavy atom. The van der Waals surface area contributed by atoms with Gasteiger partial charge in [0.1, 0.15) is 0 Å². The minimum absolute atomic E-state index is 0.382. The topological polar surface area (TPSA) is 37.8 Å². The molecule has 20 heavy (non-hydrogen) atoms. The number of benzene rings is 2. The Labute approximate surface area is 134 Å². The van der Waals surface area contributed by atoms with Crippen LogP contribution in [0, 0.1) is 0 Å². The van der Waals surface area contributed by atoms with Gasteiger partial charge in [0.05, 0.1) is 10.7 Å². The Bertz CT molecular complexity index is 792. The quantitative estimate of drug-likeness (QED) is 0.654. The number of anilines is 2. The van der Waals surface area contributed by atoms with E-state index in [9.17, 15) is 0 Å². The van der Waals surface area contributed by atoms with Crippen molar-refractivity contribution in [3.63, 3.8) is 0 Å². The molecule has 1 N–H and O–H groups in total. The average Bonchev–Trinajstić information content (AvgIpc) is 2.45. The zero-order valence-corrected chi connectivity index (χ0v) is 13.2. The van der Waals surface area contributed by atoms with Crippen LogP contribution in [0.2, 0.25) is 10.2 Å². The number of halogens is 3. The third-order valence-electron chi connectivity index (χ3n) is 2.83. The molecule has 0 unspecified atom stereocenters. The van der Waals surface area contributed by atoms with Crippen LogP contribution in [0.1, 0.15) is 0 Å². The van der Waals surface area contributed by atoms with E-state index in [1.807, 2.05) is 42.5 Å². The molecule has 2 aromatic carbocycles. The second kappa shape index (κ2) is 5.56. The van der Waals surface area contributed by atoms with E-state index in [0.717, 1.165) is 20.9 Å². The van der Waals surface area contributed by atoms with E-state index in [-0.39, 0.29) is 0 Å². The van der Waals surface area contributed by atoms with Crippen molar-refractivity contribution in [2.24, 2.45) is 0 Å². The van der Waals surface area contributed by atoms with Crippen LogP contribution >= 0.6 is 39.1 Å². The molecule has 1 aromatic heterocycles. The van der Waals surface area contributed by atoms with Gasteiger partial charge in [0.2, 0.25) is 0 Å². The molecule has 0 atom stereocenters. The summed E-state index contributed by atoms with van der Waals surface area (Å²) in [6, 6.07) is 13.3. The molecule has 0 spiro atoms. The summed E-state index contributed by atoms with van der Waals surface area (Å²) in [4.78, 5) is 0. The van der Waals surface area contributed by atoms with Gasteiger partial charge in [-0.1, -0.05) is 63.4 Å². The average molecular weight is 369 g/mol. The molecule has 3 nitrogen and oxygen atoms in total. The van der Waals surface area contributed by atoms with Gasteiger partial charge < -0.3 is 5.32 Å². The Morgan fingerprint density at radius 3 is 2.45 bits per heavy atom. The predicted octanol–water partition coefficient (Wildman–Crippen LogP) is 5.44. The third-order valence-corrected chi connectivity index (χ3v) is 3.91. The Balaban J connectivity index is 2.09.